The number of carbonyl (C=O) groups is 4. The number of urea groups is 2. The maximum Gasteiger partial charge on any atom is 0.417 e. The zero-order valence-electron chi connectivity index (χ0n) is 34.9. The van der Waals surface area contributed by atoms with E-state index in [2.05, 4.69) is 15.7 Å². The summed E-state index contributed by atoms with van der Waals surface area (Å²) in [5, 5.41) is 16.7. The van der Waals surface area contributed by atoms with Crippen LogP contribution in [0.3, 0.4) is 0 Å². The number of rotatable bonds is 16. The molecule has 6 amide bonds. The van der Waals surface area contributed by atoms with Crippen LogP contribution in [0, 0.1) is 17.8 Å². The molecule has 3 unspecified atom stereocenters. The zero-order valence-corrected chi connectivity index (χ0v) is 34.9. The van der Waals surface area contributed by atoms with Gasteiger partial charge in [-0.05, 0) is 59.6 Å². The van der Waals surface area contributed by atoms with Gasteiger partial charge in [-0.15, -0.1) is 0 Å². The molecule has 3 aromatic rings. The van der Waals surface area contributed by atoms with Gasteiger partial charge in [-0.2, -0.15) is 0 Å². The number of hydrazine groups is 1. The van der Waals surface area contributed by atoms with Crippen LogP contribution in [0.4, 0.5) is 14.4 Å². The Balaban J connectivity index is 1.59. The first-order valence-electron chi connectivity index (χ1n) is 19.4. The fourth-order valence-corrected chi connectivity index (χ4v) is 6.91. The van der Waals surface area contributed by atoms with Crippen molar-refractivity contribution in [2.24, 2.45) is 10.8 Å². The third-order valence-corrected chi connectivity index (χ3v) is 9.65. The van der Waals surface area contributed by atoms with Crippen LogP contribution in [0.2, 0.25) is 0 Å². The van der Waals surface area contributed by atoms with Crippen LogP contribution < -0.4 is 15.5 Å². The molecule has 4 rings (SSSR count). The molecular weight excluding hydrogens is 727 g/mol. The summed E-state index contributed by atoms with van der Waals surface area (Å²) in [6.45, 7) is 14.8. The molecule has 1 aliphatic heterocycles. The molecule has 57 heavy (non-hydrogen) atoms. The second-order valence-corrected chi connectivity index (χ2v) is 16.9. The normalized spacial score (nSPS) is 14.9. The Morgan fingerprint density at radius 2 is 1.60 bits per heavy atom. The molecule has 1 fully saturated rings. The highest BCUT2D eigenvalue weighted by atomic mass is 16.5. The second-order valence-electron chi connectivity index (χ2n) is 16.9. The molecule has 14 nitrogen and oxygen atoms in total. The van der Waals surface area contributed by atoms with Crippen molar-refractivity contribution in [1.29, 1.82) is 0 Å². The molecule has 0 spiro atoms. The van der Waals surface area contributed by atoms with Crippen LogP contribution in [0.15, 0.2) is 72.8 Å². The number of aromatic nitrogens is 1. The van der Waals surface area contributed by atoms with E-state index in [1.165, 1.54) is 12.1 Å². The topological polar surface area (TPSA) is 157 Å². The van der Waals surface area contributed by atoms with Crippen molar-refractivity contribution in [2.45, 2.75) is 86.0 Å². The number of nitrogens with one attached hydrogen (secondary N) is 2. The molecule has 0 aliphatic carbocycles. The molecule has 0 bridgehead atoms. The van der Waals surface area contributed by atoms with Crippen LogP contribution in [0.25, 0.3) is 0 Å². The van der Waals surface area contributed by atoms with Gasteiger partial charge < -0.3 is 29.7 Å². The number of aryl methyl sites for hydroxylation is 1. The number of amides is 6. The molecule has 1 aromatic heterocycles. The Kier molecular flexibility index (Phi) is 15.4. The molecule has 2 heterocycles. The van der Waals surface area contributed by atoms with Gasteiger partial charge in [0.05, 0.1) is 26.4 Å². The van der Waals surface area contributed by atoms with Crippen LogP contribution in [0.1, 0.15) is 64.1 Å². The van der Waals surface area contributed by atoms with E-state index in [4.69, 9.17) is 9.47 Å². The van der Waals surface area contributed by atoms with Crippen LogP contribution in [-0.2, 0) is 28.9 Å². The number of carbonyl (C=O) groups excluding carboxylic acids is 4. The van der Waals surface area contributed by atoms with Crippen LogP contribution in [-0.4, -0.2) is 119 Å². The summed E-state index contributed by atoms with van der Waals surface area (Å²) < 4.78 is 10.3. The number of ether oxygens (including phenoxy) is 2. The monoisotopic (exact) mass is 787 g/mol. The van der Waals surface area contributed by atoms with Gasteiger partial charge in [0.25, 0.3) is 0 Å². The highest BCUT2D eigenvalue weighted by Crippen LogP contribution is 2.29. The molecule has 0 radical (unpaired) electrons. The summed E-state index contributed by atoms with van der Waals surface area (Å²) in [5.74, 6) is 0.254. The molecule has 1 aliphatic rings. The van der Waals surface area contributed by atoms with Gasteiger partial charge in [0.15, 0.2) is 0 Å². The summed E-state index contributed by atoms with van der Waals surface area (Å²) in [6, 6.07) is 19.9. The first kappa shape index (κ1) is 44.5. The second kappa shape index (κ2) is 19.8. The largest absolute Gasteiger partial charge is 0.497 e. The molecule has 3 atom stereocenters. The number of imide groups is 1. The molecule has 3 N–H and O–H groups in total. The maximum absolute atomic E-state index is 14.5. The summed E-state index contributed by atoms with van der Waals surface area (Å²) in [7, 11) is 2.78. The SMILES string of the molecule is COC(=O)N(CC(C)(C)C)C(=O)NN(Cc1ccc(OC)cc1)CC(O)C(Cc1ccccc1)NC(=O)C(N1CCN(CCc2cccc(C)n2)C1=O)C(C)(C)C. The lowest BCUT2D eigenvalue weighted by atomic mass is 9.84. The van der Waals surface area contributed by atoms with Crippen LogP contribution in [0.5, 0.6) is 5.75 Å². The number of hydrogen-bond acceptors (Lipinski definition) is 9. The predicted molar refractivity (Wildman–Crippen MR) is 218 cm³/mol. The van der Waals surface area contributed by atoms with Gasteiger partial charge in [-0.1, -0.05) is 90.1 Å². The third kappa shape index (κ3) is 13.2. The summed E-state index contributed by atoms with van der Waals surface area (Å²) in [5.41, 5.74) is 5.19. The third-order valence-electron chi connectivity index (χ3n) is 9.65. The zero-order chi connectivity index (χ0) is 41.9. The Morgan fingerprint density at radius 1 is 0.912 bits per heavy atom. The Morgan fingerprint density at radius 3 is 2.19 bits per heavy atom. The average Bonchev–Trinajstić information content (AvgIpc) is 3.50. The van der Waals surface area contributed by atoms with Crippen molar-refractivity contribution in [1.82, 2.24) is 35.4 Å². The smallest absolute Gasteiger partial charge is 0.417 e. The average molecular weight is 788 g/mol. The summed E-state index contributed by atoms with van der Waals surface area (Å²) in [4.78, 5) is 63.8. The minimum Gasteiger partial charge on any atom is -0.497 e. The number of benzene rings is 2. The molecular formula is C43H61N7O7. The van der Waals surface area contributed by atoms with Gasteiger partial charge in [0.2, 0.25) is 5.91 Å². The lowest BCUT2D eigenvalue weighted by Gasteiger charge is -2.38. The molecule has 2 aromatic carbocycles. The van der Waals surface area contributed by atoms with Gasteiger partial charge in [-0.3, -0.25) is 15.2 Å². The highest BCUT2D eigenvalue weighted by Gasteiger charge is 2.44. The number of hydrogen-bond donors (Lipinski definition) is 3. The Labute approximate surface area is 337 Å². The van der Waals surface area contributed by atoms with E-state index in [9.17, 15) is 24.3 Å². The lowest BCUT2D eigenvalue weighted by Crippen LogP contribution is -2.60. The van der Waals surface area contributed by atoms with Crippen molar-refractivity contribution in [2.75, 3.05) is 46.9 Å². The van der Waals surface area contributed by atoms with Gasteiger partial charge in [0.1, 0.15) is 11.8 Å². The Hall–Kier alpha value is -5.21. The standard InChI is InChI=1S/C43H61N7O7/c1-30-14-13-17-33(44-30)22-23-47-24-25-49(40(47)54)37(43(5,6)7)38(52)45-35(26-31-15-11-10-12-16-31)36(51)28-48(27-32-18-20-34(56-8)21-19-32)46-39(53)50(41(55)57-9)29-42(2,3)4/h10-21,35-37,51H,22-29H2,1-9H3,(H,45,52)(H,46,53). The highest BCUT2D eigenvalue weighted by molar-refractivity contribution is 5.91. The van der Waals surface area contributed by atoms with E-state index in [0.717, 1.165) is 27.4 Å². The van der Waals surface area contributed by atoms with Crippen molar-refractivity contribution < 1.29 is 33.8 Å². The van der Waals surface area contributed by atoms with Crippen molar-refractivity contribution in [3.8, 4) is 5.75 Å². The molecule has 0 saturated carbocycles. The first-order valence-corrected chi connectivity index (χ1v) is 19.4. The lowest BCUT2D eigenvalue weighted by molar-refractivity contribution is -0.130. The molecule has 310 valence electrons. The predicted octanol–water partition coefficient (Wildman–Crippen LogP) is 5.42. The van der Waals surface area contributed by atoms with E-state index in [1.807, 2.05) is 109 Å². The van der Waals surface area contributed by atoms with Crippen molar-refractivity contribution in [3.63, 3.8) is 0 Å². The van der Waals surface area contributed by atoms with E-state index in [0.29, 0.717) is 31.8 Å². The van der Waals surface area contributed by atoms with Crippen molar-refractivity contribution in [3.05, 3.63) is 95.3 Å². The molecule has 1 saturated heterocycles. The summed E-state index contributed by atoms with van der Waals surface area (Å²) >= 11 is 0. The van der Waals surface area contributed by atoms with Crippen molar-refractivity contribution >= 4 is 24.1 Å². The van der Waals surface area contributed by atoms with Crippen LogP contribution >= 0.6 is 0 Å². The number of aliphatic hydroxyl groups excluding tert-OH is 1. The minimum atomic E-state index is -1.23. The van der Waals surface area contributed by atoms with Gasteiger partial charge in [0, 0.05) is 57.1 Å². The quantitative estimate of drug-likeness (QED) is 0.161. The minimum absolute atomic E-state index is 0.0702. The number of aliphatic hydroxyl groups is 1. The van der Waals surface area contributed by atoms with E-state index >= 15 is 0 Å². The van der Waals surface area contributed by atoms with E-state index in [-0.39, 0.29) is 32.1 Å². The van der Waals surface area contributed by atoms with Gasteiger partial charge in [-0.25, -0.2) is 24.3 Å². The fraction of sp³-hybridized carbons (Fsp3) is 0.512. The number of nitrogens with zero attached hydrogens (tertiary/aromatic N) is 5. The number of methoxy groups -OCH3 is 2. The summed E-state index contributed by atoms with van der Waals surface area (Å²) in [6.07, 6.45) is -1.20. The Bertz CT molecular complexity index is 1790. The van der Waals surface area contributed by atoms with E-state index < -0.39 is 47.0 Å². The first-order chi connectivity index (χ1) is 26.9. The van der Waals surface area contributed by atoms with Gasteiger partial charge >= 0.3 is 18.2 Å². The fourth-order valence-electron chi connectivity index (χ4n) is 6.91. The maximum atomic E-state index is 14.5. The number of pyridine rings is 1. The van der Waals surface area contributed by atoms with E-state index in [1.54, 1.807) is 29.0 Å². The molecule has 14 heteroatoms.